The minimum atomic E-state index is -1.88. The number of phenolic OH excluding ortho intramolecular Hbond substituents is 1. The summed E-state index contributed by atoms with van der Waals surface area (Å²) in [7, 11) is 0. The normalized spacial score (nSPS) is 26.2. The van der Waals surface area contributed by atoms with Gasteiger partial charge in [0.05, 0.1) is 19.3 Å². The van der Waals surface area contributed by atoms with Crippen molar-refractivity contribution in [2.75, 3.05) is 26.3 Å². The van der Waals surface area contributed by atoms with Crippen molar-refractivity contribution in [3.05, 3.63) is 77.9 Å². The Bertz CT molecular complexity index is 2790. The van der Waals surface area contributed by atoms with Crippen molar-refractivity contribution < 1.29 is 83.1 Å². The van der Waals surface area contributed by atoms with Gasteiger partial charge in [-0.05, 0) is 81.0 Å². The zero-order chi connectivity index (χ0) is 63.4. The zero-order valence-corrected chi connectivity index (χ0v) is 48.1. The summed E-state index contributed by atoms with van der Waals surface area (Å²) < 4.78 is 0. The van der Waals surface area contributed by atoms with E-state index < -0.39 is 188 Å². The molecule has 0 spiro atoms. The highest BCUT2D eigenvalue weighted by molar-refractivity contribution is 5.99. The molecule has 2 saturated heterocycles. The minimum Gasteiger partial charge on any atom is -0.508 e. The van der Waals surface area contributed by atoms with E-state index in [1.807, 2.05) is 0 Å². The molecule has 13 atom stereocenters. The van der Waals surface area contributed by atoms with Crippen LogP contribution in [0.4, 0.5) is 0 Å². The monoisotopic (exact) mass is 1200 g/mol. The number of amides is 11. The average molecular weight is 1210 g/mol. The molecule has 0 bridgehead atoms. The maximum atomic E-state index is 14.7. The summed E-state index contributed by atoms with van der Waals surface area (Å²) in [5.41, 5.74) is 12.1. The fourth-order valence-corrected chi connectivity index (χ4v) is 10.1. The van der Waals surface area contributed by atoms with Gasteiger partial charge in [-0.3, -0.25) is 52.7 Å². The van der Waals surface area contributed by atoms with Gasteiger partial charge < -0.3 is 89.3 Å². The molecule has 17 N–H and O–H groups in total. The number of aliphatic hydroxyl groups is 3. The third kappa shape index (κ3) is 19.2. The van der Waals surface area contributed by atoms with Crippen molar-refractivity contribution in [1.29, 1.82) is 0 Å². The van der Waals surface area contributed by atoms with Gasteiger partial charge in [0, 0.05) is 32.4 Å². The molecule has 0 radical (unpaired) electrons. The van der Waals surface area contributed by atoms with Crippen molar-refractivity contribution in [2.24, 2.45) is 17.4 Å². The molecule has 3 aliphatic rings. The number of rotatable bonds is 17. The van der Waals surface area contributed by atoms with E-state index in [9.17, 15) is 83.1 Å². The second-order valence-corrected chi connectivity index (χ2v) is 21.7. The Morgan fingerprint density at radius 1 is 0.686 bits per heavy atom. The van der Waals surface area contributed by atoms with Crippen LogP contribution in [0.3, 0.4) is 0 Å². The van der Waals surface area contributed by atoms with E-state index in [-0.39, 0.29) is 44.5 Å². The summed E-state index contributed by atoms with van der Waals surface area (Å²) in [5.74, 6) is -12.8. The first-order valence-corrected chi connectivity index (χ1v) is 28.5. The van der Waals surface area contributed by atoms with E-state index in [1.54, 1.807) is 44.2 Å². The number of nitrogens with two attached hydrogens (primary N) is 2. The maximum Gasteiger partial charge on any atom is 0.326 e. The van der Waals surface area contributed by atoms with Gasteiger partial charge in [-0.15, -0.1) is 0 Å². The Morgan fingerprint density at radius 2 is 1.27 bits per heavy atom. The number of phenols is 1. The number of fused-ring (bicyclic) bond motifs is 2. The van der Waals surface area contributed by atoms with Crippen molar-refractivity contribution in [1.82, 2.24) is 52.3 Å². The molecule has 11 amide bonds. The molecule has 470 valence electrons. The molecule has 3 aliphatic heterocycles. The lowest BCUT2D eigenvalue weighted by molar-refractivity contribution is -0.149. The molecular weight excluding hydrogens is 1120 g/mol. The third-order valence-corrected chi connectivity index (χ3v) is 15.2. The van der Waals surface area contributed by atoms with Crippen LogP contribution in [-0.4, -0.2) is 205 Å². The number of nitrogens with one attached hydrogen (secondary N) is 8. The lowest BCUT2D eigenvalue weighted by Crippen LogP contribution is -2.62. The van der Waals surface area contributed by atoms with Crippen LogP contribution >= 0.6 is 0 Å². The van der Waals surface area contributed by atoms with Crippen LogP contribution in [0.5, 0.6) is 5.75 Å². The Balaban J connectivity index is 1.59. The number of carboxylic acid groups (broad SMARTS) is 1. The average Bonchev–Trinajstić information content (AvgIpc) is 2.58. The van der Waals surface area contributed by atoms with E-state index >= 15 is 0 Å². The number of carbonyl (C=O) groups is 12. The first-order chi connectivity index (χ1) is 40.9. The molecule has 29 heteroatoms. The van der Waals surface area contributed by atoms with E-state index in [2.05, 4.69) is 42.5 Å². The summed E-state index contributed by atoms with van der Waals surface area (Å²) in [6.45, 7) is 2.77. The number of nitrogens with zero attached hydrogens (tertiary/aromatic N) is 2. The van der Waals surface area contributed by atoms with E-state index in [0.717, 1.165) is 6.92 Å². The van der Waals surface area contributed by atoms with E-state index in [1.165, 1.54) is 46.2 Å². The summed E-state index contributed by atoms with van der Waals surface area (Å²) >= 11 is 0. The lowest BCUT2D eigenvalue weighted by atomic mass is 9.96. The lowest BCUT2D eigenvalue weighted by Gasteiger charge is -2.35. The number of carbonyl (C=O) groups excluding carboxylic acids is 11. The van der Waals surface area contributed by atoms with Gasteiger partial charge in [0.2, 0.25) is 65.0 Å². The second kappa shape index (κ2) is 32.7. The molecular formula is C57H80N12O17. The molecule has 0 unspecified atom stereocenters. The van der Waals surface area contributed by atoms with Crippen LogP contribution < -0.4 is 54.0 Å². The van der Waals surface area contributed by atoms with Crippen LogP contribution in [-0.2, 0) is 70.4 Å². The second-order valence-electron chi connectivity index (χ2n) is 21.7. The smallest absolute Gasteiger partial charge is 0.326 e. The first-order valence-electron chi connectivity index (χ1n) is 28.5. The molecule has 3 heterocycles. The van der Waals surface area contributed by atoms with Gasteiger partial charge in [-0.2, -0.15) is 0 Å². The molecule has 0 aromatic heterocycles. The number of aromatic hydroxyl groups is 1. The fraction of sp³-hybridized carbons (Fsp3) is 0.544. The molecule has 86 heavy (non-hydrogen) atoms. The van der Waals surface area contributed by atoms with Gasteiger partial charge in [-0.1, -0.05) is 74.9 Å². The first kappa shape index (κ1) is 68.2. The summed E-state index contributed by atoms with van der Waals surface area (Å²) in [4.78, 5) is 170. The van der Waals surface area contributed by atoms with E-state index in [4.69, 9.17) is 11.5 Å². The predicted octanol–water partition coefficient (Wildman–Crippen LogP) is -4.52. The highest BCUT2D eigenvalue weighted by atomic mass is 16.4. The van der Waals surface area contributed by atoms with Crippen LogP contribution in [0.2, 0.25) is 0 Å². The predicted molar refractivity (Wildman–Crippen MR) is 305 cm³/mol. The zero-order valence-electron chi connectivity index (χ0n) is 48.1. The third-order valence-electron chi connectivity index (χ3n) is 15.2. The van der Waals surface area contributed by atoms with Gasteiger partial charge >= 0.3 is 5.97 Å². The molecule has 5 rings (SSSR count). The van der Waals surface area contributed by atoms with Crippen LogP contribution in [0.25, 0.3) is 0 Å². The van der Waals surface area contributed by atoms with Gasteiger partial charge in [0.25, 0.3) is 0 Å². The van der Waals surface area contributed by atoms with Crippen molar-refractivity contribution >= 4 is 70.9 Å². The molecule has 2 fully saturated rings. The van der Waals surface area contributed by atoms with Crippen LogP contribution in [0.15, 0.2) is 66.7 Å². The summed E-state index contributed by atoms with van der Waals surface area (Å²) in [6.07, 6.45) is -0.455. The van der Waals surface area contributed by atoms with Crippen molar-refractivity contribution in [3.63, 3.8) is 0 Å². The quantitative estimate of drug-likeness (QED) is 0.0664. The molecule has 2 aromatic rings. The van der Waals surface area contributed by atoms with E-state index in [0.29, 0.717) is 30.4 Å². The summed E-state index contributed by atoms with van der Waals surface area (Å²) in [5, 5.41) is 71.0. The number of hydrogen-bond acceptors (Lipinski definition) is 17. The number of primary amides is 1. The molecule has 2 aromatic carbocycles. The number of aliphatic carboxylic acids is 1. The van der Waals surface area contributed by atoms with Crippen molar-refractivity contribution in [2.45, 2.75) is 164 Å². The summed E-state index contributed by atoms with van der Waals surface area (Å²) in [6, 6.07) is -3.45. The number of hydrogen-bond donors (Lipinski definition) is 15. The van der Waals surface area contributed by atoms with Gasteiger partial charge in [0.15, 0.2) is 0 Å². The fourth-order valence-electron chi connectivity index (χ4n) is 10.1. The minimum absolute atomic E-state index is 0.0479. The highest BCUT2D eigenvalue weighted by Gasteiger charge is 2.45. The Labute approximate surface area is 496 Å². The van der Waals surface area contributed by atoms with Crippen LogP contribution in [0.1, 0.15) is 89.7 Å². The highest BCUT2D eigenvalue weighted by Crippen LogP contribution is 2.27. The Morgan fingerprint density at radius 3 is 1.87 bits per heavy atom. The van der Waals surface area contributed by atoms with Crippen molar-refractivity contribution in [3.8, 4) is 5.75 Å². The Hall–Kier alpha value is -8.54. The van der Waals surface area contributed by atoms with Crippen LogP contribution in [0, 0.1) is 5.92 Å². The largest absolute Gasteiger partial charge is 0.508 e. The number of carboxylic acids is 1. The molecule has 0 aliphatic carbocycles. The standard InChI is InChI=1S/C57H80N12O17/c1-4-30(2)45-56(84)69-25-11-17-43(69)55(83)68-24-10-16-42(68)53(81)62-38(22-23-44(59)74)49(77)61-36(48(76)64-40(57(85)86)27-33-18-20-34(73)21-19-33)14-8-9-15-37(60-47(75)35(58)28-70)50(78)67-46(31(3)72)54(82)63-39(26-32-12-6-5-7-13-32)51(79)65-41(29-71)52(80)66-45/h5-9,12-13,18-21,30-31,35-43,45-46,70-73H,4,10-11,14-17,22-29,58H2,1-3H3,(H2,59,74)(H,60,75)(H,61,77)(H,62,81)(H,63,82)(H,64,76)(H,65,79)(H,66,80)(H,67,78)(H,85,86)/b9-8-/t30-,31+,35+,36-,37+,38-,39-,40-,41-,42-,43-,45-,46-/m0/s1. The molecule has 29 nitrogen and oxygen atoms in total. The topological polar surface area (TPSA) is 461 Å². The maximum absolute atomic E-state index is 14.7. The number of aliphatic hydroxyl groups excluding tert-OH is 3. The van der Waals surface area contributed by atoms with Gasteiger partial charge in [0.1, 0.15) is 72.2 Å². The number of benzene rings is 2. The SMILES string of the molecule is CC[C@H](C)[C@@H]1NC(=O)[C@H](CO)NC(=O)[C@H](Cc2ccccc2)NC(=O)[C@H]([C@@H](C)O)NC(=O)[C@H](NC(=O)[C@H](N)CO)C/C=C\C[C@@H](C(=O)N[C@@H](Cc2ccc(O)cc2)C(=O)O)NC(=O)[C@H](CCC(N)=O)NC(=O)[C@@H]2CCCN2C(=O)[C@@H]2CCCN2C1=O. The van der Waals surface area contributed by atoms with Gasteiger partial charge in [-0.25, -0.2) is 4.79 Å². The molecule has 0 saturated carbocycles. The Kier molecular flexibility index (Phi) is 25.9.